The molecule has 1 heterocycles. The summed E-state index contributed by atoms with van der Waals surface area (Å²) in [5, 5.41) is 12.1. The Hall–Kier alpha value is -1.56. The molecule has 15 heavy (non-hydrogen) atoms. The molecule has 3 heteroatoms. The fraction of sp³-hybridized carbons (Fsp3) is 0.500. The van der Waals surface area contributed by atoms with Crippen LogP contribution in [0.4, 0.5) is 5.69 Å². The molecular weight excluding hydrogens is 186 g/mol. The third-order valence-corrected chi connectivity index (χ3v) is 2.63. The minimum atomic E-state index is 0.239. The molecule has 0 aliphatic rings. The molecule has 0 saturated heterocycles. The van der Waals surface area contributed by atoms with Gasteiger partial charge in [0.1, 0.15) is 6.07 Å². The average molecular weight is 203 g/mol. The zero-order valence-corrected chi connectivity index (χ0v) is 9.54. The Labute approximate surface area is 91.1 Å². The van der Waals surface area contributed by atoms with Gasteiger partial charge in [0, 0.05) is 12.7 Å². The van der Waals surface area contributed by atoms with E-state index in [1.807, 2.05) is 12.1 Å². The lowest BCUT2D eigenvalue weighted by atomic mass is 9.90. The lowest BCUT2D eigenvalue weighted by Crippen LogP contribution is -2.22. The Kier molecular flexibility index (Phi) is 3.68. The highest BCUT2D eigenvalue weighted by Crippen LogP contribution is 2.21. The third-order valence-electron chi connectivity index (χ3n) is 2.63. The molecule has 1 aromatic rings. The minimum absolute atomic E-state index is 0.239. The number of aromatic nitrogens is 1. The molecule has 1 aromatic heterocycles. The first-order valence-electron chi connectivity index (χ1n) is 5.18. The van der Waals surface area contributed by atoms with Crippen molar-refractivity contribution in [3.05, 3.63) is 24.0 Å². The van der Waals surface area contributed by atoms with Crippen LogP contribution in [0.5, 0.6) is 0 Å². The van der Waals surface area contributed by atoms with Crippen LogP contribution in [-0.4, -0.2) is 11.5 Å². The molecule has 0 atom stereocenters. The van der Waals surface area contributed by atoms with Gasteiger partial charge in [-0.2, -0.15) is 5.26 Å². The topological polar surface area (TPSA) is 48.7 Å². The number of nitriles is 1. The number of rotatable bonds is 4. The summed E-state index contributed by atoms with van der Waals surface area (Å²) in [5.74, 6) is 0. The SMILES string of the molecule is CCC(C)(C)CNc1cccnc1C#N. The number of hydrogen-bond donors (Lipinski definition) is 1. The van der Waals surface area contributed by atoms with Gasteiger partial charge < -0.3 is 5.32 Å². The van der Waals surface area contributed by atoms with E-state index in [0.29, 0.717) is 5.69 Å². The molecular formula is C12H17N3. The molecule has 3 nitrogen and oxygen atoms in total. The molecule has 0 unspecified atom stereocenters. The van der Waals surface area contributed by atoms with Crippen LogP contribution >= 0.6 is 0 Å². The van der Waals surface area contributed by atoms with Gasteiger partial charge in [0.25, 0.3) is 0 Å². The summed E-state index contributed by atoms with van der Waals surface area (Å²) in [6.45, 7) is 7.41. The Morgan fingerprint density at radius 1 is 1.53 bits per heavy atom. The highest BCUT2D eigenvalue weighted by Gasteiger charge is 2.15. The standard InChI is InChI=1S/C12H17N3/c1-4-12(2,3)9-15-10-6-5-7-14-11(10)8-13/h5-7,15H,4,9H2,1-3H3. The van der Waals surface area contributed by atoms with Gasteiger partial charge in [0.05, 0.1) is 5.69 Å². The number of anilines is 1. The number of nitrogens with one attached hydrogen (secondary N) is 1. The van der Waals surface area contributed by atoms with Gasteiger partial charge in [-0.3, -0.25) is 0 Å². The first-order chi connectivity index (χ1) is 7.09. The minimum Gasteiger partial charge on any atom is -0.382 e. The van der Waals surface area contributed by atoms with Gasteiger partial charge in [0.2, 0.25) is 0 Å². The number of hydrogen-bond acceptors (Lipinski definition) is 3. The zero-order valence-electron chi connectivity index (χ0n) is 9.54. The summed E-state index contributed by atoms with van der Waals surface area (Å²) in [7, 11) is 0. The van der Waals surface area contributed by atoms with Crippen molar-refractivity contribution in [2.75, 3.05) is 11.9 Å². The van der Waals surface area contributed by atoms with E-state index in [2.05, 4.69) is 37.1 Å². The predicted molar refractivity (Wildman–Crippen MR) is 61.5 cm³/mol. The van der Waals surface area contributed by atoms with E-state index in [0.717, 1.165) is 18.7 Å². The Balaban J connectivity index is 2.70. The van der Waals surface area contributed by atoms with Crippen LogP contribution in [0, 0.1) is 16.7 Å². The number of pyridine rings is 1. The molecule has 0 aromatic carbocycles. The summed E-state index contributed by atoms with van der Waals surface area (Å²) in [4.78, 5) is 4.00. The van der Waals surface area contributed by atoms with Gasteiger partial charge in [-0.25, -0.2) is 4.98 Å². The highest BCUT2D eigenvalue weighted by molar-refractivity contribution is 5.53. The smallest absolute Gasteiger partial charge is 0.163 e. The molecule has 0 amide bonds. The summed E-state index contributed by atoms with van der Waals surface area (Å²) in [6.07, 6.45) is 2.73. The van der Waals surface area contributed by atoms with Gasteiger partial charge >= 0.3 is 0 Å². The normalized spacial score (nSPS) is 10.8. The van der Waals surface area contributed by atoms with Crippen LogP contribution in [0.2, 0.25) is 0 Å². The van der Waals surface area contributed by atoms with Crippen molar-refractivity contribution < 1.29 is 0 Å². The summed E-state index contributed by atoms with van der Waals surface area (Å²) in [5.41, 5.74) is 1.52. The second-order valence-corrected chi connectivity index (χ2v) is 4.38. The van der Waals surface area contributed by atoms with Crippen LogP contribution in [0.25, 0.3) is 0 Å². The van der Waals surface area contributed by atoms with Crippen LogP contribution in [0.1, 0.15) is 32.9 Å². The molecule has 0 aliphatic heterocycles. The van der Waals surface area contributed by atoms with Gasteiger partial charge in [-0.1, -0.05) is 20.8 Å². The summed E-state index contributed by atoms with van der Waals surface area (Å²) < 4.78 is 0. The first-order valence-corrected chi connectivity index (χ1v) is 5.18. The fourth-order valence-corrected chi connectivity index (χ4v) is 1.10. The van der Waals surface area contributed by atoms with E-state index < -0.39 is 0 Å². The van der Waals surface area contributed by atoms with Gasteiger partial charge in [0.15, 0.2) is 5.69 Å². The maximum Gasteiger partial charge on any atom is 0.163 e. The average Bonchev–Trinajstić information content (AvgIpc) is 2.27. The molecule has 0 fully saturated rings. The van der Waals surface area contributed by atoms with Crippen LogP contribution < -0.4 is 5.32 Å². The van der Waals surface area contributed by atoms with Gasteiger partial charge in [-0.15, -0.1) is 0 Å². The van der Waals surface area contributed by atoms with Crippen LogP contribution in [-0.2, 0) is 0 Å². The summed E-state index contributed by atoms with van der Waals surface area (Å²) in [6, 6.07) is 5.80. The first kappa shape index (κ1) is 11.5. The van der Waals surface area contributed by atoms with Gasteiger partial charge in [-0.05, 0) is 24.0 Å². The van der Waals surface area contributed by atoms with Crippen molar-refractivity contribution in [1.82, 2.24) is 4.98 Å². The zero-order chi connectivity index (χ0) is 11.3. The quantitative estimate of drug-likeness (QED) is 0.818. The maximum absolute atomic E-state index is 8.85. The van der Waals surface area contributed by atoms with Crippen LogP contribution in [0.3, 0.4) is 0 Å². The maximum atomic E-state index is 8.85. The van der Waals surface area contributed by atoms with E-state index in [1.165, 1.54) is 0 Å². The lowest BCUT2D eigenvalue weighted by Gasteiger charge is -2.23. The molecule has 0 bridgehead atoms. The van der Waals surface area contributed by atoms with Crippen molar-refractivity contribution in [1.29, 1.82) is 5.26 Å². The highest BCUT2D eigenvalue weighted by atomic mass is 14.9. The number of nitrogens with zero attached hydrogens (tertiary/aromatic N) is 2. The van der Waals surface area contributed by atoms with Crippen molar-refractivity contribution in [3.8, 4) is 6.07 Å². The van der Waals surface area contributed by atoms with Crippen LogP contribution in [0.15, 0.2) is 18.3 Å². The molecule has 0 radical (unpaired) electrons. The van der Waals surface area contributed by atoms with E-state index >= 15 is 0 Å². The lowest BCUT2D eigenvalue weighted by molar-refractivity contribution is 0.377. The Morgan fingerprint density at radius 2 is 2.27 bits per heavy atom. The van der Waals surface area contributed by atoms with E-state index in [-0.39, 0.29) is 5.41 Å². The largest absolute Gasteiger partial charge is 0.382 e. The van der Waals surface area contributed by atoms with Crippen molar-refractivity contribution in [3.63, 3.8) is 0 Å². The summed E-state index contributed by atoms with van der Waals surface area (Å²) >= 11 is 0. The van der Waals surface area contributed by atoms with Crippen molar-refractivity contribution in [2.45, 2.75) is 27.2 Å². The van der Waals surface area contributed by atoms with E-state index in [1.54, 1.807) is 6.20 Å². The second kappa shape index (κ2) is 4.79. The van der Waals surface area contributed by atoms with E-state index in [4.69, 9.17) is 5.26 Å². The molecule has 1 rings (SSSR count). The monoisotopic (exact) mass is 203 g/mol. The molecule has 80 valence electrons. The molecule has 0 aliphatic carbocycles. The molecule has 0 spiro atoms. The fourth-order valence-electron chi connectivity index (χ4n) is 1.10. The Morgan fingerprint density at radius 3 is 2.87 bits per heavy atom. The third kappa shape index (κ3) is 3.25. The second-order valence-electron chi connectivity index (χ2n) is 4.38. The van der Waals surface area contributed by atoms with E-state index in [9.17, 15) is 0 Å². The molecule has 1 N–H and O–H groups in total. The van der Waals surface area contributed by atoms with Crippen molar-refractivity contribution >= 4 is 5.69 Å². The molecule has 0 saturated carbocycles. The van der Waals surface area contributed by atoms with Crippen molar-refractivity contribution in [2.24, 2.45) is 5.41 Å². The Bertz CT molecular complexity index is 363. The predicted octanol–water partition coefficient (Wildman–Crippen LogP) is 2.80.